The molecule has 0 aromatic carbocycles. The molecule has 1 saturated carbocycles. The van der Waals surface area contributed by atoms with Gasteiger partial charge in [0, 0.05) is 30.7 Å². The number of carbonyl (C=O) groups is 1. The van der Waals surface area contributed by atoms with E-state index in [1.165, 1.54) is 10.6 Å². The van der Waals surface area contributed by atoms with Crippen LogP contribution in [0.4, 0.5) is 0 Å². The summed E-state index contributed by atoms with van der Waals surface area (Å²) in [4.78, 5) is 12.0. The molecule has 1 amide bonds. The normalized spacial score (nSPS) is 15.5. The largest absolute Gasteiger partial charge is 0.351 e. The van der Waals surface area contributed by atoms with E-state index in [1.807, 2.05) is 13.8 Å². The predicted molar refractivity (Wildman–Crippen MR) is 84.2 cm³/mol. The lowest BCUT2D eigenvalue weighted by atomic mass is 10.2. The quantitative estimate of drug-likeness (QED) is 0.698. The maximum atomic E-state index is 12.0. The number of hydrogen-bond donors (Lipinski definition) is 2. The lowest BCUT2D eigenvalue weighted by molar-refractivity contribution is 0.0947. The minimum absolute atomic E-state index is 0.0851. The van der Waals surface area contributed by atoms with Crippen LogP contribution in [-0.2, 0) is 10.0 Å². The molecule has 1 aliphatic carbocycles. The molecular weight excluding hydrogens is 304 g/mol. The zero-order chi connectivity index (χ0) is 16.3. The molecule has 8 heteroatoms. The SMILES string of the molecule is CC(C)N(CCCNC(=O)c1cc(C2CC2)[nH]n1)S(C)(=O)=O. The molecule has 0 spiro atoms. The molecule has 1 fully saturated rings. The first-order valence-electron chi connectivity index (χ1n) is 7.59. The van der Waals surface area contributed by atoms with Gasteiger partial charge in [0.25, 0.3) is 5.91 Å². The Morgan fingerprint density at radius 2 is 2.18 bits per heavy atom. The third-order valence-electron chi connectivity index (χ3n) is 3.69. The highest BCUT2D eigenvalue weighted by atomic mass is 32.2. The van der Waals surface area contributed by atoms with E-state index in [4.69, 9.17) is 0 Å². The van der Waals surface area contributed by atoms with E-state index in [-0.39, 0.29) is 11.9 Å². The van der Waals surface area contributed by atoms with Crippen LogP contribution in [0.5, 0.6) is 0 Å². The Kier molecular flexibility index (Phi) is 5.23. The molecule has 124 valence electrons. The second-order valence-corrected chi connectivity index (χ2v) is 7.99. The minimum atomic E-state index is -3.21. The predicted octanol–water partition coefficient (Wildman–Crippen LogP) is 1.08. The van der Waals surface area contributed by atoms with Crippen molar-refractivity contribution in [3.8, 4) is 0 Å². The number of H-pyrrole nitrogens is 1. The molecule has 0 atom stereocenters. The van der Waals surface area contributed by atoms with E-state index in [9.17, 15) is 13.2 Å². The van der Waals surface area contributed by atoms with Crippen molar-refractivity contribution in [2.45, 2.75) is 45.1 Å². The van der Waals surface area contributed by atoms with Crippen molar-refractivity contribution in [3.05, 3.63) is 17.5 Å². The van der Waals surface area contributed by atoms with Crippen LogP contribution in [0.2, 0.25) is 0 Å². The molecule has 1 aromatic rings. The minimum Gasteiger partial charge on any atom is -0.351 e. The number of rotatable bonds is 8. The van der Waals surface area contributed by atoms with E-state index in [0.717, 1.165) is 18.5 Å². The monoisotopic (exact) mass is 328 g/mol. The molecule has 0 saturated heterocycles. The third-order valence-corrected chi connectivity index (χ3v) is 5.15. The molecule has 2 rings (SSSR count). The summed E-state index contributed by atoms with van der Waals surface area (Å²) in [6.07, 6.45) is 4.07. The van der Waals surface area contributed by atoms with Crippen LogP contribution in [0.15, 0.2) is 6.07 Å². The fourth-order valence-electron chi connectivity index (χ4n) is 2.39. The highest BCUT2D eigenvalue weighted by molar-refractivity contribution is 7.88. The third kappa shape index (κ3) is 4.54. The summed E-state index contributed by atoms with van der Waals surface area (Å²) >= 11 is 0. The van der Waals surface area contributed by atoms with Gasteiger partial charge in [0.05, 0.1) is 6.26 Å². The second-order valence-electron chi connectivity index (χ2n) is 6.06. The molecule has 0 unspecified atom stereocenters. The summed E-state index contributed by atoms with van der Waals surface area (Å²) in [5, 5.41) is 9.68. The highest BCUT2D eigenvalue weighted by Crippen LogP contribution is 2.38. The van der Waals surface area contributed by atoms with E-state index >= 15 is 0 Å². The second kappa shape index (κ2) is 6.78. The molecule has 1 aromatic heterocycles. The standard InChI is InChI=1S/C14H24N4O3S/c1-10(2)18(22(3,20)21)8-4-7-15-14(19)13-9-12(16-17-13)11-5-6-11/h9-11H,4-8H2,1-3H3,(H,15,19)(H,16,17). The number of amides is 1. The maximum absolute atomic E-state index is 12.0. The number of carbonyl (C=O) groups excluding carboxylic acids is 1. The van der Waals surface area contributed by atoms with Gasteiger partial charge in [-0.2, -0.15) is 9.40 Å². The van der Waals surface area contributed by atoms with Crippen LogP contribution in [-0.4, -0.2) is 54.2 Å². The number of hydrogen-bond acceptors (Lipinski definition) is 4. The average Bonchev–Trinajstić information content (AvgIpc) is 3.14. The Morgan fingerprint density at radius 3 is 2.73 bits per heavy atom. The van der Waals surface area contributed by atoms with Gasteiger partial charge in [0.2, 0.25) is 10.0 Å². The Labute approximate surface area is 131 Å². The Morgan fingerprint density at radius 1 is 1.50 bits per heavy atom. The zero-order valence-corrected chi connectivity index (χ0v) is 14.1. The van der Waals surface area contributed by atoms with Gasteiger partial charge in [-0.25, -0.2) is 8.42 Å². The van der Waals surface area contributed by atoms with Gasteiger partial charge in [0.1, 0.15) is 5.69 Å². The van der Waals surface area contributed by atoms with E-state index < -0.39 is 10.0 Å². The van der Waals surface area contributed by atoms with Crippen molar-refractivity contribution >= 4 is 15.9 Å². The first-order valence-corrected chi connectivity index (χ1v) is 9.44. The van der Waals surface area contributed by atoms with Crippen LogP contribution >= 0.6 is 0 Å². The van der Waals surface area contributed by atoms with Crippen LogP contribution in [0.3, 0.4) is 0 Å². The maximum Gasteiger partial charge on any atom is 0.271 e. The first-order chi connectivity index (χ1) is 10.3. The summed E-state index contributed by atoms with van der Waals surface area (Å²) in [6.45, 7) is 4.49. The highest BCUT2D eigenvalue weighted by Gasteiger charge is 2.26. The van der Waals surface area contributed by atoms with E-state index in [0.29, 0.717) is 31.1 Å². The molecular formula is C14H24N4O3S. The van der Waals surface area contributed by atoms with Crippen LogP contribution in [0.1, 0.15) is 55.2 Å². The molecule has 22 heavy (non-hydrogen) atoms. The van der Waals surface area contributed by atoms with E-state index in [1.54, 1.807) is 6.07 Å². The molecule has 0 radical (unpaired) electrons. The van der Waals surface area contributed by atoms with Crippen molar-refractivity contribution in [2.24, 2.45) is 0 Å². The summed E-state index contributed by atoms with van der Waals surface area (Å²) < 4.78 is 24.7. The zero-order valence-electron chi connectivity index (χ0n) is 13.3. The lowest BCUT2D eigenvalue weighted by Gasteiger charge is -2.23. The van der Waals surface area contributed by atoms with Crippen molar-refractivity contribution < 1.29 is 13.2 Å². The fraction of sp³-hybridized carbons (Fsp3) is 0.714. The lowest BCUT2D eigenvalue weighted by Crippen LogP contribution is -2.38. The van der Waals surface area contributed by atoms with Crippen LogP contribution in [0.25, 0.3) is 0 Å². The van der Waals surface area contributed by atoms with Crippen molar-refractivity contribution in [1.82, 2.24) is 19.8 Å². The van der Waals surface area contributed by atoms with Crippen LogP contribution < -0.4 is 5.32 Å². The van der Waals surface area contributed by atoms with Gasteiger partial charge in [0.15, 0.2) is 0 Å². The topological polar surface area (TPSA) is 95.2 Å². The number of nitrogens with one attached hydrogen (secondary N) is 2. The summed E-state index contributed by atoms with van der Waals surface area (Å²) in [5.41, 5.74) is 1.42. The summed E-state index contributed by atoms with van der Waals surface area (Å²) in [6, 6.07) is 1.71. The molecule has 2 N–H and O–H groups in total. The summed E-state index contributed by atoms with van der Waals surface area (Å²) in [5.74, 6) is 0.307. The van der Waals surface area contributed by atoms with Crippen molar-refractivity contribution in [2.75, 3.05) is 19.3 Å². The number of aromatic nitrogens is 2. The fourth-order valence-corrected chi connectivity index (χ4v) is 3.62. The van der Waals surface area contributed by atoms with Crippen molar-refractivity contribution in [3.63, 3.8) is 0 Å². The number of sulfonamides is 1. The van der Waals surface area contributed by atoms with Gasteiger partial charge in [-0.05, 0) is 39.2 Å². The van der Waals surface area contributed by atoms with Gasteiger partial charge in [-0.3, -0.25) is 9.89 Å². The van der Waals surface area contributed by atoms with Gasteiger partial charge in [-0.15, -0.1) is 0 Å². The van der Waals surface area contributed by atoms with E-state index in [2.05, 4.69) is 15.5 Å². The molecule has 1 aliphatic rings. The molecule has 0 aliphatic heterocycles. The van der Waals surface area contributed by atoms with Gasteiger partial charge in [-0.1, -0.05) is 0 Å². The Balaban J connectivity index is 1.76. The molecule has 7 nitrogen and oxygen atoms in total. The van der Waals surface area contributed by atoms with Crippen LogP contribution in [0, 0.1) is 0 Å². The number of nitrogens with zero attached hydrogens (tertiary/aromatic N) is 2. The molecule has 1 heterocycles. The van der Waals surface area contributed by atoms with Crippen molar-refractivity contribution in [1.29, 1.82) is 0 Å². The Bertz CT molecular complexity index is 620. The van der Waals surface area contributed by atoms with Gasteiger partial charge < -0.3 is 5.32 Å². The molecule has 0 bridgehead atoms. The first kappa shape index (κ1) is 17.0. The smallest absolute Gasteiger partial charge is 0.271 e. The average molecular weight is 328 g/mol. The number of aromatic amines is 1. The Hall–Kier alpha value is -1.41. The summed E-state index contributed by atoms with van der Waals surface area (Å²) in [7, 11) is -3.21. The van der Waals surface area contributed by atoms with Gasteiger partial charge >= 0.3 is 0 Å².